The van der Waals surface area contributed by atoms with E-state index in [1.807, 2.05) is 10.6 Å². The Kier molecular flexibility index (Phi) is 7.30. The molecule has 0 aliphatic carbocycles. The van der Waals surface area contributed by atoms with Crippen LogP contribution in [0.15, 0.2) is 64.9 Å². The van der Waals surface area contributed by atoms with Gasteiger partial charge in [-0.3, -0.25) is 9.36 Å². The summed E-state index contributed by atoms with van der Waals surface area (Å²) >= 11 is 1.35. The van der Waals surface area contributed by atoms with E-state index in [4.69, 9.17) is 4.42 Å². The molecule has 2 heterocycles. The molecule has 0 unspecified atom stereocenters. The summed E-state index contributed by atoms with van der Waals surface area (Å²) in [6.07, 6.45) is 4.17. The Labute approximate surface area is 175 Å². The normalized spacial score (nSPS) is 11.0. The number of hydrogen-bond donors (Lipinski definition) is 1. The van der Waals surface area contributed by atoms with Crippen molar-refractivity contribution < 1.29 is 9.21 Å². The standard InChI is InChI=1S/C22H26N4O2S/c1-4-13-26-21(19-6-5-14-28-19)24-25-22(26)29-15-20(27)23-12-11-17-7-9-18(10-8-17)16(2)3/h4-10,14,16H,1,11-13,15H2,2-3H3,(H,23,27). The van der Waals surface area contributed by atoms with Crippen LogP contribution >= 0.6 is 11.8 Å². The van der Waals surface area contributed by atoms with Gasteiger partial charge in [-0.1, -0.05) is 56.0 Å². The van der Waals surface area contributed by atoms with Crippen molar-refractivity contribution in [2.24, 2.45) is 0 Å². The van der Waals surface area contributed by atoms with Crippen molar-refractivity contribution >= 4 is 17.7 Å². The highest BCUT2D eigenvalue weighted by Gasteiger charge is 2.16. The second kappa shape index (κ2) is 10.1. The molecule has 0 fully saturated rings. The fraction of sp³-hybridized carbons (Fsp3) is 0.318. The molecule has 1 N–H and O–H groups in total. The molecule has 6 nitrogen and oxygen atoms in total. The van der Waals surface area contributed by atoms with Crippen LogP contribution in [0.3, 0.4) is 0 Å². The van der Waals surface area contributed by atoms with Crippen molar-refractivity contribution in [1.82, 2.24) is 20.1 Å². The molecule has 0 saturated carbocycles. The number of thioether (sulfide) groups is 1. The number of amides is 1. The lowest BCUT2D eigenvalue weighted by Gasteiger charge is -2.08. The van der Waals surface area contributed by atoms with Gasteiger partial charge >= 0.3 is 0 Å². The molecule has 0 aliphatic heterocycles. The summed E-state index contributed by atoms with van der Waals surface area (Å²) in [5, 5.41) is 12.0. The molecule has 7 heteroatoms. The Balaban J connectivity index is 1.50. The zero-order valence-corrected chi connectivity index (χ0v) is 17.6. The van der Waals surface area contributed by atoms with Crippen LogP contribution in [0.2, 0.25) is 0 Å². The first-order valence-electron chi connectivity index (χ1n) is 9.64. The second-order valence-electron chi connectivity index (χ2n) is 6.97. The maximum Gasteiger partial charge on any atom is 0.230 e. The summed E-state index contributed by atoms with van der Waals surface area (Å²) in [6.45, 7) is 9.29. The van der Waals surface area contributed by atoms with Gasteiger partial charge in [0.05, 0.1) is 12.0 Å². The van der Waals surface area contributed by atoms with E-state index >= 15 is 0 Å². The number of hydrogen-bond acceptors (Lipinski definition) is 5. The van der Waals surface area contributed by atoms with Crippen LogP contribution in [0.25, 0.3) is 11.6 Å². The molecular formula is C22H26N4O2S. The SMILES string of the molecule is C=CCn1c(SCC(=O)NCCc2ccc(C(C)C)cc2)nnc1-c1ccco1. The Morgan fingerprint density at radius 1 is 1.28 bits per heavy atom. The van der Waals surface area contributed by atoms with Gasteiger partial charge in [-0.05, 0) is 35.6 Å². The minimum atomic E-state index is -0.0264. The largest absolute Gasteiger partial charge is 0.461 e. The van der Waals surface area contributed by atoms with E-state index in [0.29, 0.717) is 35.7 Å². The van der Waals surface area contributed by atoms with Gasteiger partial charge in [-0.25, -0.2) is 0 Å². The molecule has 0 atom stereocenters. The lowest BCUT2D eigenvalue weighted by atomic mass is 10.0. The zero-order valence-electron chi connectivity index (χ0n) is 16.8. The van der Waals surface area contributed by atoms with Gasteiger partial charge in [-0.2, -0.15) is 0 Å². The molecular weight excluding hydrogens is 384 g/mol. The van der Waals surface area contributed by atoms with Crippen molar-refractivity contribution in [3.05, 3.63) is 66.4 Å². The van der Waals surface area contributed by atoms with Crippen molar-refractivity contribution in [2.45, 2.75) is 37.9 Å². The Morgan fingerprint density at radius 3 is 2.72 bits per heavy atom. The van der Waals surface area contributed by atoms with Crippen molar-refractivity contribution in [3.63, 3.8) is 0 Å². The van der Waals surface area contributed by atoms with Gasteiger partial charge in [0, 0.05) is 13.1 Å². The number of furan rings is 1. The van der Waals surface area contributed by atoms with E-state index in [9.17, 15) is 4.79 Å². The van der Waals surface area contributed by atoms with E-state index in [-0.39, 0.29) is 11.7 Å². The topological polar surface area (TPSA) is 73.0 Å². The van der Waals surface area contributed by atoms with Gasteiger partial charge < -0.3 is 9.73 Å². The first-order valence-corrected chi connectivity index (χ1v) is 10.6. The van der Waals surface area contributed by atoms with E-state index in [1.54, 1.807) is 18.4 Å². The first-order chi connectivity index (χ1) is 14.1. The fourth-order valence-corrected chi connectivity index (χ4v) is 3.65. The van der Waals surface area contributed by atoms with E-state index in [0.717, 1.165) is 6.42 Å². The number of nitrogens with one attached hydrogen (secondary N) is 1. The van der Waals surface area contributed by atoms with Crippen LogP contribution in [0.1, 0.15) is 30.9 Å². The van der Waals surface area contributed by atoms with Gasteiger partial charge in [0.2, 0.25) is 11.7 Å². The summed E-state index contributed by atoms with van der Waals surface area (Å²) in [7, 11) is 0. The molecule has 1 aromatic carbocycles. The van der Waals surface area contributed by atoms with Crippen LogP contribution in [-0.2, 0) is 17.8 Å². The zero-order chi connectivity index (χ0) is 20.6. The maximum atomic E-state index is 12.2. The van der Waals surface area contributed by atoms with E-state index in [2.05, 4.69) is 60.2 Å². The number of aromatic nitrogens is 3. The third-order valence-corrected chi connectivity index (χ3v) is 5.45. The minimum Gasteiger partial charge on any atom is -0.461 e. The molecule has 29 heavy (non-hydrogen) atoms. The van der Waals surface area contributed by atoms with Gasteiger partial charge in [0.15, 0.2) is 10.9 Å². The fourth-order valence-electron chi connectivity index (χ4n) is 2.87. The van der Waals surface area contributed by atoms with E-state index < -0.39 is 0 Å². The molecule has 0 bridgehead atoms. The van der Waals surface area contributed by atoms with Gasteiger partial charge in [0.1, 0.15) is 0 Å². The molecule has 3 rings (SSSR count). The number of rotatable bonds is 10. The Hall–Kier alpha value is -2.80. The minimum absolute atomic E-state index is 0.0264. The number of nitrogens with zero attached hydrogens (tertiary/aromatic N) is 3. The Morgan fingerprint density at radius 2 is 2.07 bits per heavy atom. The number of carbonyl (C=O) groups excluding carboxylic acids is 1. The summed E-state index contributed by atoms with van der Waals surface area (Å²) in [6, 6.07) is 12.2. The predicted molar refractivity (Wildman–Crippen MR) is 116 cm³/mol. The summed E-state index contributed by atoms with van der Waals surface area (Å²) in [5.41, 5.74) is 2.54. The van der Waals surface area contributed by atoms with Crippen molar-refractivity contribution in [2.75, 3.05) is 12.3 Å². The second-order valence-corrected chi connectivity index (χ2v) is 7.91. The smallest absolute Gasteiger partial charge is 0.230 e. The highest BCUT2D eigenvalue weighted by atomic mass is 32.2. The summed E-state index contributed by atoms with van der Waals surface area (Å²) < 4.78 is 7.30. The third kappa shape index (κ3) is 5.60. The lowest BCUT2D eigenvalue weighted by molar-refractivity contribution is -0.118. The van der Waals surface area contributed by atoms with Crippen molar-refractivity contribution in [3.8, 4) is 11.6 Å². The Bertz CT molecular complexity index is 930. The van der Waals surface area contributed by atoms with Gasteiger partial charge in [-0.15, -0.1) is 16.8 Å². The van der Waals surface area contributed by atoms with E-state index in [1.165, 1.54) is 22.9 Å². The van der Waals surface area contributed by atoms with Crippen LogP contribution < -0.4 is 5.32 Å². The molecule has 2 aromatic heterocycles. The number of carbonyl (C=O) groups is 1. The third-order valence-electron chi connectivity index (χ3n) is 4.48. The van der Waals surface area contributed by atoms with Crippen LogP contribution in [0.4, 0.5) is 0 Å². The van der Waals surface area contributed by atoms with Crippen LogP contribution in [-0.4, -0.2) is 33.0 Å². The monoisotopic (exact) mass is 410 g/mol. The quantitative estimate of drug-likeness (QED) is 0.398. The summed E-state index contributed by atoms with van der Waals surface area (Å²) in [5.74, 6) is 2.04. The number of allylic oxidation sites excluding steroid dienone is 1. The van der Waals surface area contributed by atoms with Crippen molar-refractivity contribution in [1.29, 1.82) is 0 Å². The number of benzene rings is 1. The molecule has 1 amide bonds. The average Bonchev–Trinajstić information content (AvgIpc) is 3.37. The molecule has 3 aromatic rings. The van der Waals surface area contributed by atoms with Crippen LogP contribution in [0, 0.1) is 0 Å². The molecule has 0 spiro atoms. The maximum absolute atomic E-state index is 12.2. The first kappa shape index (κ1) is 20.9. The molecule has 0 aliphatic rings. The summed E-state index contributed by atoms with van der Waals surface area (Å²) in [4.78, 5) is 12.2. The molecule has 0 saturated heterocycles. The van der Waals surface area contributed by atoms with Gasteiger partial charge in [0.25, 0.3) is 0 Å². The molecule has 0 radical (unpaired) electrons. The van der Waals surface area contributed by atoms with Crippen LogP contribution in [0.5, 0.6) is 0 Å². The highest BCUT2D eigenvalue weighted by molar-refractivity contribution is 7.99. The predicted octanol–water partition coefficient (Wildman–Crippen LogP) is 4.30. The lowest BCUT2D eigenvalue weighted by Crippen LogP contribution is -2.27. The average molecular weight is 411 g/mol. The molecule has 152 valence electrons. The highest BCUT2D eigenvalue weighted by Crippen LogP contribution is 2.24.